The maximum Gasteiger partial charge on any atom is 0.243 e. The molecule has 1 amide bonds. The molecule has 9 heteroatoms. The van der Waals surface area contributed by atoms with Gasteiger partial charge in [-0.2, -0.15) is 0 Å². The van der Waals surface area contributed by atoms with Crippen molar-refractivity contribution in [2.24, 2.45) is 10.9 Å². The summed E-state index contributed by atoms with van der Waals surface area (Å²) in [5.41, 5.74) is 0. The van der Waals surface area contributed by atoms with Crippen LogP contribution in [0.5, 0.6) is 0 Å². The normalized spacial score (nSPS) is 17.8. The fourth-order valence-electron chi connectivity index (χ4n) is 2.77. The Kier molecular flexibility index (Phi) is 13.0. The van der Waals surface area contributed by atoms with Crippen LogP contribution < -0.4 is 5.32 Å². The second kappa shape index (κ2) is 14.4. The summed E-state index contributed by atoms with van der Waals surface area (Å²) < 4.78 is 11.1. The lowest BCUT2D eigenvalue weighted by Crippen LogP contribution is -2.43. The summed E-state index contributed by atoms with van der Waals surface area (Å²) in [6.07, 6.45) is 3.65. The molecule has 28 heavy (non-hydrogen) atoms. The SMILES string of the molecule is CN(C)C(=O)CN=C(NCCCN1CCOCC1)N(C)CCOCC1CC1.I. The van der Waals surface area contributed by atoms with E-state index in [9.17, 15) is 4.79 Å². The van der Waals surface area contributed by atoms with Crippen LogP contribution in [0.2, 0.25) is 0 Å². The highest BCUT2D eigenvalue weighted by molar-refractivity contribution is 14.0. The van der Waals surface area contributed by atoms with Gasteiger partial charge in [0.05, 0.1) is 19.8 Å². The number of nitrogens with zero attached hydrogens (tertiary/aromatic N) is 4. The van der Waals surface area contributed by atoms with Crippen molar-refractivity contribution in [2.75, 3.05) is 86.8 Å². The number of rotatable bonds is 11. The minimum absolute atomic E-state index is 0. The molecule has 0 radical (unpaired) electrons. The Labute approximate surface area is 187 Å². The minimum atomic E-state index is 0. The van der Waals surface area contributed by atoms with E-state index in [2.05, 4.69) is 15.2 Å². The molecule has 1 saturated heterocycles. The van der Waals surface area contributed by atoms with Crippen molar-refractivity contribution in [3.63, 3.8) is 0 Å². The maximum atomic E-state index is 11.9. The summed E-state index contributed by atoms with van der Waals surface area (Å²) in [6, 6.07) is 0. The molecule has 8 nitrogen and oxygen atoms in total. The highest BCUT2D eigenvalue weighted by Gasteiger charge is 2.21. The largest absolute Gasteiger partial charge is 0.379 e. The smallest absolute Gasteiger partial charge is 0.243 e. The van der Waals surface area contributed by atoms with E-state index >= 15 is 0 Å². The summed E-state index contributed by atoms with van der Waals surface area (Å²) in [4.78, 5) is 22.4. The van der Waals surface area contributed by atoms with Crippen molar-refractivity contribution in [3.8, 4) is 0 Å². The molecule has 2 aliphatic rings. The summed E-state index contributed by atoms with van der Waals surface area (Å²) in [7, 11) is 5.50. The van der Waals surface area contributed by atoms with Gasteiger partial charge in [0, 0.05) is 53.9 Å². The number of nitrogens with one attached hydrogen (secondary N) is 1. The first-order valence-electron chi connectivity index (χ1n) is 10.1. The molecular weight excluding hydrogens is 473 g/mol. The molecular formula is C19H38IN5O3. The number of ether oxygens (including phenoxy) is 2. The lowest BCUT2D eigenvalue weighted by atomic mass is 10.3. The van der Waals surface area contributed by atoms with Crippen LogP contribution in [0.15, 0.2) is 4.99 Å². The molecule has 0 unspecified atom stereocenters. The van der Waals surface area contributed by atoms with Crippen molar-refractivity contribution in [1.82, 2.24) is 20.0 Å². The standard InChI is InChI=1S/C19H37N5O3.HI/c1-22(2)18(25)15-21-19(23(3)9-12-27-16-17-5-6-17)20-7-4-8-24-10-13-26-14-11-24;/h17H,4-16H2,1-3H3,(H,20,21);1H. The number of guanidine groups is 1. The van der Waals surface area contributed by atoms with Crippen LogP contribution in [0.3, 0.4) is 0 Å². The van der Waals surface area contributed by atoms with Gasteiger partial charge in [0.25, 0.3) is 0 Å². The number of amides is 1. The number of likely N-dealkylation sites (N-methyl/N-ethyl adjacent to an activating group) is 2. The van der Waals surface area contributed by atoms with Crippen LogP contribution in [-0.4, -0.2) is 113 Å². The molecule has 0 aromatic carbocycles. The zero-order valence-electron chi connectivity index (χ0n) is 17.7. The van der Waals surface area contributed by atoms with E-state index < -0.39 is 0 Å². The van der Waals surface area contributed by atoms with Crippen LogP contribution >= 0.6 is 24.0 Å². The fourth-order valence-corrected chi connectivity index (χ4v) is 2.77. The van der Waals surface area contributed by atoms with E-state index in [1.165, 1.54) is 12.8 Å². The highest BCUT2D eigenvalue weighted by atomic mass is 127. The Hall–Kier alpha value is -0.650. The van der Waals surface area contributed by atoms with Crippen molar-refractivity contribution in [1.29, 1.82) is 0 Å². The van der Waals surface area contributed by atoms with Crippen molar-refractivity contribution < 1.29 is 14.3 Å². The first kappa shape index (κ1) is 25.4. The molecule has 1 aliphatic carbocycles. The number of aliphatic imine (C=N–C) groups is 1. The summed E-state index contributed by atoms with van der Waals surface area (Å²) in [5.74, 6) is 1.54. The van der Waals surface area contributed by atoms with Crippen LogP contribution in [0.4, 0.5) is 0 Å². The van der Waals surface area contributed by atoms with Gasteiger partial charge < -0.3 is 24.6 Å². The van der Waals surface area contributed by atoms with Gasteiger partial charge in [-0.1, -0.05) is 0 Å². The molecule has 0 spiro atoms. The number of carbonyl (C=O) groups is 1. The van der Waals surface area contributed by atoms with E-state index in [-0.39, 0.29) is 36.4 Å². The number of carbonyl (C=O) groups excluding carboxylic acids is 1. The van der Waals surface area contributed by atoms with Gasteiger partial charge in [-0.05, 0) is 31.7 Å². The van der Waals surface area contributed by atoms with Crippen LogP contribution in [0.1, 0.15) is 19.3 Å². The Balaban J connectivity index is 0.00000392. The van der Waals surface area contributed by atoms with E-state index in [1.807, 2.05) is 11.9 Å². The summed E-state index contributed by atoms with van der Waals surface area (Å²) >= 11 is 0. The lowest BCUT2D eigenvalue weighted by Gasteiger charge is -2.27. The number of hydrogen-bond acceptors (Lipinski definition) is 5. The lowest BCUT2D eigenvalue weighted by molar-refractivity contribution is -0.127. The highest BCUT2D eigenvalue weighted by Crippen LogP contribution is 2.28. The minimum Gasteiger partial charge on any atom is -0.379 e. The first-order valence-corrected chi connectivity index (χ1v) is 10.1. The average Bonchev–Trinajstić information content (AvgIpc) is 3.49. The van der Waals surface area contributed by atoms with E-state index in [1.54, 1.807) is 19.0 Å². The predicted octanol–water partition coefficient (Wildman–Crippen LogP) is 0.719. The third-order valence-corrected chi connectivity index (χ3v) is 4.88. The van der Waals surface area contributed by atoms with Gasteiger partial charge >= 0.3 is 0 Å². The first-order chi connectivity index (χ1) is 13.1. The Bertz CT molecular complexity index is 468. The molecule has 1 aliphatic heterocycles. The monoisotopic (exact) mass is 511 g/mol. The molecule has 2 rings (SSSR count). The van der Waals surface area contributed by atoms with Crippen LogP contribution in [0, 0.1) is 5.92 Å². The third kappa shape index (κ3) is 10.8. The van der Waals surface area contributed by atoms with Gasteiger partial charge in [0.1, 0.15) is 6.54 Å². The van der Waals surface area contributed by atoms with Gasteiger partial charge in [-0.25, -0.2) is 4.99 Å². The summed E-state index contributed by atoms with van der Waals surface area (Å²) in [5, 5.41) is 3.41. The van der Waals surface area contributed by atoms with E-state index in [0.717, 1.165) is 70.8 Å². The Morgan fingerprint density at radius 3 is 2.61 bits per heavy atom. The summed E-state index contributed by atoms with van der Waals surface area (Å²) in [6.45, 7) is 8.04. The van der Waals surface area contributed by atoms with Gasteiger partial charge in [0.2, 0.25) is 5.91 Å². The zero-order valence-corrected chi connectivity index (χ0v) is 20.0. The molecule has 0 atom stereocenters. The molecule has 0 bridgehead atoms. The molecule has 0 aromatic heterocycles. The molecule has 164 valence electrons. The third-order valence-electron chi connectivity index (χ3n) is 4.88. The average molecular weight is 511 g/mol. The topological polar surface area (TPSA) is 69.6 Å². The number of hydrogen-bond donors (Lipinski definition) is 1. The maximum absolute atomic E-state index is 11.9. The van der Waals surface area contributed by atoms with E-state index in [0.29, 0.717) is 6.61 Å². The van der Waals surface area contributed by atoms with Crippen molar-refractivity contribution >= 4 is 35.8 Å². The van der Waals surface area contributed by atoms with E-state index in [4.69, 9.17) is 9.47 Å². The van der Waals surface area contributed by atoms with Gasteiger partial charge in [0.15, 0.2) is 5.96 Å². The van der Waals surface area contributed by atoms with Crippen molar-refractivity contribution in [2.45, 2.75) is 19.3 Å². The molecule has 2 fully saturated rings. The Morgan fingerprint density at radius 1 is 1.25 bits per heavy atom. The molecule has 1 saturated carbocycles. The van der Waals surface area contributed by atoms with Crippen LogP contribution in [-0.2, 0) is 14.3 Å². The molecule has 1 N–H and O–H groups in total. The zero-order chi connectivity index (χ0) is 19.5. The van der Waals surface area contributed by atoms with Gasteiger partial charge in [-0.3, -0.25) is 9.69 Å². The number of halogens is 1. The van der Waals surface area contributed by atoms with Gasteiger partial charge in [-0.15, -0.1) is 24.0 Å². The predicted molar refractivity (Wildman–Crippen MR) is 122 cm³/mol. The second-order valence-corrected chi connectivity index (χ2v) is 7.60. The molecule has 0 aromatic rings. The molecule has 1 heterocycles. The fraction of sp³-hybridized carbons (Fsp3) is 0.895. The van der Waals surface area contributed by atoms with Crippen LogP contribution in [0.25, 0.3) is 0 Å². The quantitative estimate of drug-likeness (QED) is 0.191. The Morgan fingerprint density at radius 2 is 1.96 bits per heavy atom. The second-order valence-electron chi connectivity index (χ2n) is 7.60. The van der Waals surface area contributed by atoms with Crippen molar-refractivity contribution in [3.05, 3.63) is 0 Å². The number of morpholine rings is 1.